The Bertz CT molecular complexity index is 567. The molecule has 1 saturated carbocycles. The summed E-state index contributed by atoms with van der Waals surface area (Å²) < 4.78 is 24.7. The van der Waals surface area contributed by atoms with Gasteiger partial charge >= 0.3 is 0 Å². The number of carbonyl (C=O) groups is 1. The first kappa shape index (κ1) is 14.3. The zero-order valence-corrected chi connectivity index (χ0v) is 12.3. The maximum atomic E-state index is 12.4. The first-order valence-electron chi connectivity index (χ1n) is 6.70. The van der Waals surface area contributed by atoms with Crippen LogP contribution in [0.5, 0.6) is 0 Å². The molecule has 1 aromatic carbocycles. The van der Waals surface area contributed by atoms with E-state index in [0.29, 0.717) is 12.8 Å². The van der Waals surface area contributed by atoms with Gasteiger partial charge in [-0.15, -0.1) is 0 Å². The molecular formula is C15H20O3S. The van der Waals surface area contributed by atoms with E-state index in [1.54, 1.807) is 0 Å². The van der Waals surface area contributed by atoms with Crippen molar-refractivity contribution in [3.63, 3.8) is 0 Å². The number of Topliss-reactive ketones (excluding diaryl/α,β-unsaturated/α-hetero) is 1. The molecule has 0 radical (unpaired) electrons. The number of carbonyl (C=O) groups excluding carboxylic acids is 1. The average Bonchev–Trinajstić information content (AvgIpc) is 2.26. The molecule has 0 saturated heterocycles. The van der Waals surface area contributed by atoms with Crippen LogP contribution in [0.3, 0.4) is 0 Å². The molecule has 0 bridgehead atoms. The number of ketones is 1. The molecule has 1 aliphatic rings. The minimum Gasteiger partial charge on any atom is -0.298 e. The summed E-state index contributed by atoms with van der Waals surface area (Å²) in [6, 6.07) is 5.79. The summed E-state index contributed by atoms with van der Waals surface area (Å²) in [4.78, 5) is 11.8. The van der Waals surface area contributed by atoms with Gasteiger partial charge in [-0.1, -0.05) is 35.7 Å². The number of rotatable bonds is 3. The van der Waals surface area contributed by atoms with Crippen LogP contribution in [0.1, 0.15) is 42.4 Å². The first-order valence-corrected chi connectivity index (χ1v) is 8.41. The molecule has 0 spiro atoms. The second kappa shape index (κ2) is 5.45. The summed E-state index contributed by atoms with van der Waals surface area (Å²) in [5.41, 5.74) is 2.90. The van der Waals surface area contributed by atoms with E-state index in [9.17, 15) is 13.2 Å². The molecule has 0 amide bonds. The maximum absolute atomic E-state index is 12.4. The standard InChI is InChI=1S/C15H20O3S/c1-11-7-12(2)9-13(8-11)10-19(17,18)15-6-4-3-5-14(15)16/h7-9,15H,3-6,10H2,1-2H3. The van der Waals surface area contributed by atoms with Gasteiger partial charge in [0.05, 0.1) is 5.75 Å². The van der Waals surface area contributed by atoms with Crippen molar-refractivity contribution in [3.05, 3.63) is 34.9 Å². The van der Waals surface area contributed by atoms with Crippen LogP contribution < -0.4 is 0 Å². The monoisotopic (exact) mass is 280 g/mol. The topological polar surface area (TPSA) is 51.2 Å². The molecule has 1 fully saturated rings. The van der Waals surface area contributed by atoms with E-state index in [1.807, 2.05) is 32.0 Å². The number of sulfone groups is 1. The van der Waals surface area contributed by atoms with E-state index >= 15 is 0 Å². The Labute approximate surface area is 114 Å². The molecule has 19 heavy (non-hydrogen) atoms. The molecule has 3 nitrogen and oxygen atoms in total. The summed E-state index contributed by atoms with van der Waals surface area (Å²) >= 11 is 0. The highest BCUT2D eigenvalue weighted by molar-refractivity contribution is 7.92. The van der Waals surface area contributed by atoms with Crippen molar-refractivity contribution < 1.29 is 13.2 Å². The summed E-state index contributed by atoms with van der Waals surface area (Å²) in [7, 11) is -3.37. The van der Waals surface area contributed by atoms with Gasteiger partial charge in [0, 0.05) is 6.42 Å². The van der Waals surface area contributed by atoms with Gasteiger partial charge in [0.2, 0.25) is 0 Å². The van der Waals surface area contributed by atoms with Crippen LogP contribution >= 0.6 is 0 Å². The molecule has 0 heterocycles. The summed E-state index contributed by atoms with van der Waals surface area (Å²) in [5, 5.41) is -0.776. The summed E-state index contributed by atoms with van der Waals surface area (Å²) in [5.74, 6) is -0.123. The van der Waals surface area contributed by atoms with Gasteiger partial charge < -0.3 is 0 Å². The maximum Gasteiger partial charge on any atom is 0.164 e. The smallest absolute Gasteiger partial charge is 0.164 e. The summed E-state index contributed by atoms with van der Waals surface area (Å²) in [6.07, 6.45) is 2.57. The SMILES string of the molecule is Cc1cc(C)cc(CS(=O)(=O)C2CCCCC2=O)c1. The molecule has 1 aromatic rings. The minimum absolute atomic E-state index is 0.0219. The molecule has 0 N–H and O–H groups in total. The number of hydrogen-bond donors (Lipinski definition) is 0. The fourth-order valence-corrected chi connectivity index (χ4v) is 4.69. The highest BCUT2D eigenvalue weighted by atomic mass is 32.2. The highest BCUT2D eigenvalue weighted by Gasteiger charge is 2.33. The molecule has 4 heteroatoms. The van der Waals surface area contributed by atoms with Crippen molar-refractivity contribution in [2.45, 2.75) is 50.5 Å². The fourth-order valence-electron chi connectivity index (χ4n) is 2.82. The second-order valence-corrected chi connectivity index (χ2v) is 7.69. The fraction of sp³-hybridized carbons (Fsp3) is 0.533. The summed E-state index contributed by atoms with van der Waals surface area (Å²) in [6.45, 7) is 3.91. The van der Waals surface area contributed by atoms with Gasteiger partial charge in [0.15, 0.2) is 15.6 Å². The Morgan fingerprint density at radius 2 is 1.74 bits per heavy atom. The lowest BCUT2D eigenvalue weighted by Crippen LogP contribution is -2.33. The van der Waals surface area contributed by atoms with Crippen molar-refractivity contribution in [2.24, 2.45) is 0 Å². The lowest BCUT2D eigenvalue weighted by molar-refractivity contribution is -0.119. The quantitative estimate of drug-likeness (QED) is 0.855. The minimum atomic E-state index is -3.37. The molecule has 0 aliphatic heterocycles. The van der Waals surface area contributed by atoms with E-state index in [2.05, 4.69) is 0 Å². The Balaban J connectivity index is 2.23. The Kier molecular flexibility index (Phi) is 4.09. The average molecular weight is 280 g/mol. The first-order chi connectivity index (χ1) is 8.88. The normalized spacial score (nSPS) is 20.5. The lowest BCUT2D eigenvalue weighted by Gasteiger charge is -2.20. The van der Waals surface area contributed by atoms with Gasteiger partial charge in [0.25, 0.3) is 0 Å². The molecule has 0 aromatic heterocycles. The van der Waals surface area contributed by atoms with E-state index in [4.69, 9.17) is 0 Å². The Hall–Kier alpha value is -1.16. The third-order valence-electron chi connectivity index (χ3n) is 3.58. The van der Waals surface area contributed by atoms with E-state index < -0.39 is 15.1 Å². The molecule has 104 valence electrons. The molecular weight excluding hydrogens is 260 g/mol. The number of aryl methyl sites for hydroxylation is 2. The Morgan fingerprint density at radius 3 is 2.32 bits per heavy atom. The van der Waals surface area contributed by atoms with Gasteiger partial charge in [-0.25, -0.2) is 8.42 Å². The number of benzene rings is 1. The van der Waals surface area contributed by atoms with Crippen molar-refractivity contribution in [3.8, 4) is 0 Å². The zero-order chi connectivity index (χ0) is 14.0. The van der Waals surface area contributed by atoms with Crippen molar-refractivity contribution in [1.82, 2.24) is 0 Å². The predicted molar refractivity (Wildman–Crippen MR) is 75.8 cm³/mol. The van der Waals surface area contributed by atoms with Gasteiger partial charge in [-0.05, 0) is 32.3 Å². The van der Waals surface area contributed by atoms with E-state index in [1.165, 1.54) is 0 Å². The second-order valence-electron chi connectivity index (χ2n) is 5.50. The molecule has 1 atom stereocenters. The lowest BCUT2D eigenvalue weighted by atomic mass is 9.99. The largest absolute Gasteiger partial charge is 0.298 e. The van der Waals surface area contributed by atoms with Crippen LogP contribution in [-0.2, 0) is 20.4 Å². The van der Waals surface area contributed by atoms with Crippen LogP contribution in [0.4, 0.5) is 0 Å². The predicted octanol–water partition coefficient (Wildman–Crippen LogP) is 2.73. The number of hydrogen-bond acceptors (Lipinski definition) is 3. The van der Waals surface area contributed by atoms with E-state index in [0.717, 1.165) is 29.5 Å². The third kappa shape index (κ3) is 3.44. The van der Waals surface area contributed by atoms with Crippen LogP contribution in [0.25, 0.3) is 0 Å². The van der Waals surface area contributed by atoms with Crippen LogP contribution in [0.2, 0.25) is 0 Å². The highest BCUT2D eigenvalue weighted by Crippen LogP contribution is 2.24. The van der Waals surface area contributed by atoms with Crippen LogP contribution in [0, 0.1) is 13.8 Å². The van der Waals surface area contributed by atoms with Crippen LogP contribution in [-0.4, -0.2) is 19.5 Å². The van der Waals surface area contributed by atoms with Crippen molar-refractivity contribution in [1.29, 1.82) is 0 Å². The Morgan fingerprint density at radius 1 is 1.11 bits per heavy atom. The molecule has 1 aliphatic carbocycles. The molecule has 2 rings (SSSR count). The zero-order valence-electron chi connectivity index (χ0n) is 11.5. The molecule has 1 unspecified atom stereocenters. The van der Waals surface area contributed by atoms with Crippen molar-refractivity contribution >= 4 is 15.6 Å². The van der Waals surface area contributed by atoms with Gasteiger partial charge in [-0.3, -0.25) is 4.79 Å². The van der Waals surface area contributed by atoms with Crippen molar-refractivity contribution in [2.75, 3.05) is 0 Å². The van der Waals surface area contributed by atoms with Gasteiger partial charge in [-0.2, -0.15) is 0 Å². The van der Waals surface area contributed by atoms with E-state index in [-0.39, 0.29) is 11.5 Å². The van der Waals surface area contributed by atoms with Gasteiger partial charge in [0.1, 0.15) is 5.25 Å². The van der Waals surface area contributed by atoms with Crippen LogP contribution in [0.15, 0.2) is 18.2 Å². The third-order valence-corrected chi connectivity index (χ3v) is 5.68.